The summed E-state index contributed by atoms with van der Waals surface area (Å²) in [4.78, 5) is 12.7. The van der Waals surface area contributed by atoms with Gasteiger partial charge in [0.2, 0.25) is 0 Å². The summed E-state index contributed by atoms with van der Waals surface area (Å²) in [6, 6.07) is 15.6. The second kappa shape index (κ2) is 12.4. The van der Waals surface area contributed by atoms with Gasteiger partial charge in [0, 0.05) is 0 Å². The predicted octanol–water partition coefficient (Wildman–Crippen LogP) is 7.97. The Morgan fingerprint density at radius 2 is 1.69 bits per heavy atom. The quantitative estimate of drug-likeness (QED) is 0.218. The fraction of sp³-hybridized carbons (Fsp3) is 0.517. The Balaban J connectivity index is 1.56. The zero-order valence-electron chi connectivity index (χ0n) is 19.7. The Morgan fingerprint density at radius 3 is 2.34 bits per heavy atom. The molecule has 32 heavy (non-hydrogen) atoms. The molecule has 0 aromatic heterocycles. The molecule has 0 amide bonds. The van der Waals surface area contributed by atoms with Gasteiger partial charge in [0.15, 0.2) is 0 Å². The second-order valence-corrected chi connectivity index (χ2v) is 9.27. The first kappa shape index (κ1) is 24.1. The fourth-order valence-corrected chi connectivity index (χ4v) is 4.81. The van der Waals surface area contributed by atoms with Crippen LogP contribution in [0.2, 0.25) is 0 Å². The van der Waals surface area contributed by atoms with Crippen LogP contribution in [0.5, 0.6) is 5.75 Å². The SMILES string of the molecule is CCCCCC1CCC(c2ccc(C(=O)Oc3ccc(CCCC)cc3C#N)cc2)CC1. The molecule has 0 spiro atoms. The van der Waals surface area contributed by atoms with Gasteiger partial charge >= 0.3 is 5.97 Å². The highest BCUT2D eigenvalue weighted by Gasteiger charge is 2.22. The van der Waals surface area contributed by atoms with E-state index >= 15 is 0 Å². The van der Waals surface area contributed by atoms with E-state index in [-0.39, 0.29) is 0 Å². The van der Waals surface area contributed by atoms with Crippen molar-refractivity contribution in [3.8, 4) is 11.8 Å². The van der Waals surface area contributed by atoms with Crippen molar-refractivity contribution in [3.05, 3.63) is 64.7 Å². The van der Waals surface area contributed by atoms with E-state index < -0.39 is 5.97 Å². The standard InChI is InChI=1S/C29H37NO2/c1-3-5-7-9-22-10-13-24(14-11-22)25-15-17-26(18-16-25)29(31)32-28-19-12-23(8-6-4-2)20-27(28)21-30/h12,15-20,22,24H,3-11,13-14H2,1-2H3. The van der Waals surface area contributed by atoms with E-state index in [4.69, 9.17) is 4.74 Å². The van der Waals surface area contributed by atoms with Crippen LogP contribution in [0.4, 0.5) is 0 Å². The fourth-order valence-electron chi connectivity index (χ4n) is 4.81. The van der Waals surface area contributed by atoms with Gasteiger partial charge < -0.3 is 4.74 Å². The number of nitriles is 1. The summed E-state index contributed by atoms with van der Waals surface area (Å²) in [5.74, 6) is 1.43. The van der Waals surface area contributed by atoms with Crippen molar-refractivity contribution in [1.82, 2.24) is 0 Å². The summed E-state index contributed by atoms with van der Waals surface area (Å²) in [5, 5.41) is 9.47. The van der Waals surface area contributed by atoms with Crippen molar-refractivity contribution < 1.29 is 9.53 Å². The molecule has 0 bridgehead atoms. The molecular weight excluding hydrogens is 394 g/mol. The lowest BCUT2D eigenvalue weighted by Gasteiger charge is -2.29. The van der Waals surface area contributed by atoms with Gasteiger partial charge in [0.25, 0.3) is 0 Å². The van der Waals surface area contributed by atoms with Crippen molar-refractivity contribution in [2.24, 2.45) is 5.92 Å². The van der Waals surface area contributed by atoms with Crippen molar-refractivity contribution in [1.29, 1.82) is 5.26 Å². The van der Waals surface area contributed by atoms with Crippen LogP contribution in [-0.4, -0.2) is 5.97 Å². The number of aryl methyl sites for hydroxylation is 1. The summed E-state index contributed by atoms with van der Waals surface area (Å²) < 4.78 is 5.57. The number of ether oxygens (including phenoxy) is 1. The minimum Gasteiger partial charge on any atom is -0.422 e. The number of esters is 1. The third kappa shape index (κ3) is 6.70. The van der Waals surface area contributed by atoms with Gasteiger partial charge in [0.1, 0.15) is 11.8 Å². The van der Waals surface area contributed by atoms with Crippen LogP contribution in [0.1, 0.15) is 111 Å². The summed E-state index contributed by atoms with van der Waals surface area (Å²) in [6.45, 7) is 4.41. The molecule has 2 aromatic rings. The van der Waals surface area contributed by atoms with E-state index in [9.17, 15) is 10.1 Å². The zero-order valence-corrected chi connectivity index (χ0v) is 19.7. The lowest BCUT2D eigenvalue weighted by Crippen LogP contribution is -2.14. The molecule has 0 heterocycles. The van der Waals surface area contributed by atoms with E-state index in [1.807, 2.05) is 24.3 Å². The number of benzene rings is 2. The first-order valence-electron chi connectivity index (χ1n) is 12.5. The highest BCUT2D eigenvalue weighted by molar-refractivity contribution is 5.91. The molecule has 0 atom stereocenters. The van der Waals surface area contributed by atoms with E-state index in [0.29, 0.717) is 22.8 Å². The van der Waals surface area contributed by atoms with Gasteiger partial charge in [0.05, 0.1) is 11.1 Å². The van der Waals surface area contributed by atoms with Gasteiger partial charge in [-0.15, -0.1) is 0 Å². The zero-order chi connectivity index (χ0) is 22.8. The third-order valence-electron chi connectivity index (χ3n) is 6.87. The van der Waals surface area contributed by atoms with E-state index in [2.05, 4.69) is 32.0 Å². The number of carbonyl (C=O) groups is 1. The normalized spacial score (nSPS) is 18.2. The molecule has 0 radical (unpaired) electrons. The average molecular weight is 432 g/mol. The van der Waals surface area contributed by atoms with Gasteiger partial charge in [-0.25, -0.2) is 4.79 Å². The number of hydrogen-bond acceptors (Lipinski definition) is 3. The molecule has 0 aliphatic heterocycles. The monoisotopic (exact) mass is 431 g/mol. The summed E-state index contributed by atoms with van der Waals surface area (Å²) in [6.07, 6.45) is 13.7. The van der Waals surface area contributed by atoms with E-state index in [1.165, 1.54) is 56.9 Å². The van der Waals surface area contributed by atoms with Crippen LogP contribution in [0.25, 0.3) is 0 Å². The first-order chi connectivity index (χ1) is 15.6. The average Bonchev–Trinajstić information content (AvgIpc) is 2.84. The largest absolute Gasteiger partial charge is 0.422 e. The molecule has 0 unspecified atom stereocenters. The third-order valence-corrected chi connectivity index (χ3v) is 6.87. The molecule has 1 saturated carbocycles. The molecule has 3 heteroatoms. The number of carbonyl (C=O) groups excluding carboxylic acids is 1. The van der Waals surface area contributed by atoms with Crippen molar-refractivity contribution >= 4 is 5.97 Å². The molecular formula is C29H37NO2. The topological polar surface area (TPSA) is 50.1 Å². The maximum absolute atomic E-state index is 12.7. The van der Waals surface area contributed by atoms with Gasteiger partial charge in [-0.2, -0.15) is 5.26 Å². The Labute approximate surface area is 193 Å². The molecule has 1 aliphatic rings. The predicted molar refractivity (Wildman–Crippen MR) is 130 cm³/mol. The highest BCUT2D eigenvalue weighted by atomic mass is 16.5. The van der Waals surface area contributed by atoms with Gasteiger partial charge in [-0.1, -0.05) is 64.2 Å². The lowest BCUT2D eigenvalue weighted by atomic mass is 9.77. The Kier molecular flexibility index (Phi) is 9.35. The molecule has 0 saturated heterocycles. The van der Waals surface area contributed by atoms with E-state index in [1.54, 1.807) is 6.07 Å². The maximum Gasteiger partial charge on any atom is 0.343 e. The molecule has 1 fully saturated rings. The van der Waals surface area contributed by atoms with Crippen LogP contribution >= 0.6 is 0 Å². The number of unbranched alkanes of at least 4 members (excludes halogenated alkanes) is 3. The lowest BCUT2D eigenvalue weighted by molar-refractivity contribution is 0.0734. The van der Waals surface area contributed by atoms with Crippen LogP contribution in [0, 0.1) is 17.2 Å². The molecule has 3 rings (SSSR count). The smallest absolute Gasteiger partial charge is 0.343 e. The molecule has 1 aliphatic carbocycles. The van der Waals surface area contributed by atoms with Crippen LogP contribution < -0.4 is 4.74 Å². The highest BCUT2D eigenvalue weighted by Crippen LogP contribution is 2.37. The van der Waals surface area contributed by atoms with Gasteiger partial charge in [-0.05, 0) is 85.8 Å². The van der Waals surface area contributed by atoms with Crippen molar-refractivity contribution in [3.63, 3.8) is 0 Å². The van der Waals surface area contributed by atoms with E-state index in [0.717, 1.165) is 30.7 Å². The number of rotatable bonds is 10. The molecule has 170 valence electrons. The minimum absolute atomic E-state index is 0.336. The van der Waals surface area contributed by atoms with Crippen LogP contribution in [0.3, 0.4) is 0 Å². The molecule has 3 nitrogen and oxygen atoms in total. The van der Waals surface area contributed by atoms with Gasteiger partial charge in [-0.3, -0.25) is 0 Å². The van der Waals surface area contributed by atoms with Crippen LogP contribution in [-0.2, 0) is 6.42 Å². The van der Waals surface area contributed by atoms with Crippen molar-refractivity contribution in [2.45, 2.75) is 90.4 Å². The molecule has 0 N–H and O–H groups in total. The Morgan fingerprint density at radius 1 is 0.969 bits per heavy atom. The Hall–Kier alpha value is -2.60. The second-order valence-electron chi connectivity index (χ2n) is 9.27. The maximum atomic E-state index is 12.7. The number of nitrogens with zero attached hydrogens (tertiary/aromatic N) is 1. The summed E-state index contributed by atoms with van der Waals surface area (Å²) in [5.41, 5.74) is 3.37. The summed E-state index contributed by atoms with van der Waals surface area (Å²) in [7, 11) is 0. The first-order valence-corrected chi connectivity index (χ1v) is 12.5. The van der Waals surface area contributed by atoms with Crippen LogP contribution in [0.15, 0.2) is 42.5 Å². The summed E-state index contributed by atoms with van der Waals surface area (Å²) >= 11 is 0. The molecule has 2 aromatic carbocycles. The Bertz CT molecular complexity index is 902. The number of hydrogen-bond donors (Lipinski definition) is 0. The minimum atomic E-state index is -0.408. The van der Waals surface area contributed by atoms with Crippen molar-refractivity contribution in [2.75, 3.05) is 0 Å².